The molecule has 6 nitrogen and oxygen atoms in total. The van der Waals surface area contributed by atoms with Crippen LogP contribution in [0.5, 0.6) is 5.75 Å². The van der Waals surface area contributed by atoms with Crippen molar-refractivity contribution in [2.45, 2.75) is 63.0 Å². The van der Waals surface area contributed by atoms with Crippen LogP contribution in [0.2, 0.25) is 0 Å². The predicted molar refractivity (Wildman–Crippen MR) is 136 cm³/mol. The van der Waals surface area contributed by atoms with E-state index in [-0.39, 0.29) is 11.8 Å². The summed E-state index contributed by atoms with van der Waals surface area (Å²) < 4.78 is 5.14. The lowest BCUT2D eigenvalue weighted by Crippen LogP contribution is -2.40. The van der Waals surface area contributed by atoms with Gasteiger partial charge in [-0.3, -0.25) is 9.59 Å². The van der Waals surface area contributed by atoms with Crippen molar-refractivity contribution in [1.29, 1.82) is 0 Å². The highest BCUT2D eigenvalue weighted by Crippen LogP contribution is 2.51. The van der Waals surface area contributed by atoms with Crippen molar-refractivity contribution in [1.82, 2.24) is 4.90 Å². The third-order valence-corrected chi connectivity index (χ3v) is 9.68. The number of amides is 2. The Morgan fingerprint density at radius 3 is 2.76 bits per heavy atom. The third kappa shape index (κ3) is 5.06. The molecule has 34 heavy (non-hydrogen) atoms. The van der Waals surface area contributed by atoms with Crippen molar-refractivity contribution < 1.29 is 14.3 Å². The van der Waals surface area contributed by atoms with Gasteiger partial charge in [-0.1, -0.05) is 24.2 Å². The number of ether oxygens (including phenoxy) is 1. The molecule has 2 bridgehead atoms. The maximum Gasteiger partial charge on any atom is 0.262 e. The molecule has 184 valence electrons. The summed E-state index contributed by atoms with van der Waals surface area (Å²) in [6, 6.07) is 7.34. The van der Waals surface area contributed by atoms with Crippen molar-refractivity contribution in [3.63, 3.8) is 0 Å². The van der Waals surface area contributed by atoms with Crippen LogP contribution in [0.1, 0.15) is 68.6 Å². The first-order chi connectivity index (χ1) is 16.4. The second kappa shape index (κ2) is 10.0. The van der Waals surface area contributed by atoms with Gasteiger partial charge in [-0.15, -0.1) is 0 Å². The minimum Gasteiger partial charge on any atom is -0.492 e. The molecule has 4 atom stereocenters. The molecule has 3 unspecified atom stereocenters. The van der Waals surface area contributed by atoms with Crippen LogP contribution >= 0.6 is 11.8 Å². The first-order valence-electron chi connectivity index (χ1n) is 13.0. The monoisotopic (exact) mass is 483 g/mol. The number of carbonyl (C=O) groups is 2. The molecule has 0 radical (unpaired) electrons. The highest BCUT2D eigenvalue weighted by atomic mass is 32.2. The zero-order valence-electron chi connectivity index (χ0n) is 20.2. The molecule has 0 spiro atoms. The lowest BCUT2D eigenvalue weighted by atomic mass is 9.86. The Morgan fingerprint density at radius 2 is 2.06 bits per heavy atom. The van der Waals surface area contributed by atoms with Crippen molar-refractivity contribution in [3.8, 4) is 5.75 Å². The first kappa shape index (κ1) is 23.9. The second-order valence-corrected chi connectivity index (χ2v) is 12.5. The fourth-order valence-electron chi connectivity index (χ4n) is 6.59. The molecule has 7 heteroatoms. The van der Waals surface area contributed by atoms with Gasteiger partial charge in [0.05, 0.1) is 5.04 Å². The molecule has 2 heterocycles. The summed E-state index contributed by atoms with van der Waals surface area (Å²) in [6.07, 6.45) is 9.24. The molecule has 2 saturated carbocycles. The molecule has 3 fully saturated rings. The largest absolute Gasteiger partial charge is 0.492 e. The van der Waals surface area contributed by atoms with E-state index in [1.54, 1.807) is 17.8 Å². The van der Waals surface area contributed by atoms with Gasteiger partial charge >= 0.3 is 0 Å². The van der Waals surface area contributed by atoms with Crippen LogP contribution in [0.3, 0.4) is 0 Å². The minimum absolute atomic E-state index is 0.0469. The lowest BCUT2D eigenvalue weighted by molar-refractivity contribution is -0.119. The van der Waals surface area contributed by atoms with Gasteiger partial charge < -0.3 is 15.4 Å². The number of likely N-dealkylation sites (tertiary alicyclic amines) is 1. The average molecular weight is 484 g/mol. The van der Waals surface area contributed by atoms with Crippen molar-refractivity contribution in [2.24, 2.45) is 34.4 Å². The molecule has 5 rings (SSSR count). The molecular formula is C27H37N3O3S. The summed E-state index contributed by atoms with van der Waals surface area (Å²) in [7, 11) is 0. The third-order valence-electron chi connectivity index (χ3n) is 8.39. The van der Waals surface area contributed by atoms with Crippen LogP contribution in [0, 0.1) is 23.7 Å². The highest BCUT2D eigenvalue weighted by molar-refractivity contribution is 8.16. The summed E-state index contributed by atoms with van der Waals surface area (Å²) >= 11 is 1.74. The molecule has 2 amide bonds. The summed E-state index contributed by atoms with van der Waals surface area (Å²) in [5.41, 5.74) is 6.16. The van der Waals surface area contributed by atoms with E-state index in [4.69, 9.17) is 10.5 Å². The van der Waals surface area contributed by atoms with Crippen LogP contribution in [-0.4, -0.2) is 52.7 Å². The fourth-order valence-corrected chi connectivity index (χ4v) is 7.99. The molecule has 2 aliphatic carbocycles. The van der Waals surface area contributed by atoms with Gasteiger partial charge in [-0.05, 0) is 93.7 Å². The Morgan fingerprint density at radius 1 is 1.24 bits per heavy atom. The molecule has 1 aromatic carbocycles. The van der Waals surface area contributed by atoms with Crippen molar-refractivity contribution >= 4 is 28.6 Å². The van der Waals surface area contributed by atoms with Gasteiger partial charge in [-0.25, -0.2) is 4.99 Å². The number of fused-ring (bicyclic) bond motifs is 2. The van der Waals surface area contributed by atoms with E-state index >= 15 is 0 Å². The molecule has 1 aromatic rings. The number of hydrogen-bond acceptors (Lipinski definition) is 5. The average Bonchev–Trinajstić information content (AvgIpc) is 3.53. The molecule has 0 aromatic heterocycles. The van der Waals surface area contributed by atoms with E-state index in [0.29, 0.717) is 30.4 Å². The normalized spacial score (nSPS) is 31.2. The van der Waals surface area contributed by atoms with Crippen LogP contribution in [-0.2, 0) is 4.79 Å². The smallest absolute Gasteiger partial charge is 0.262 e. The van der Waals surface area contributed by atoms with E-state index in [1.807, 2.05) is 23.1 Å². The SMILES string of the molecule is CC1(CC2CCN(C(=O)c3cccc(OCCN)c3)CC2)SC(C[C@H]2CC3CCC2C3)=NC1=O. The van der Waals surface area contributed by atoms with E-state index < -0.39 is 4.75 Å². The molecule has 4 aliphatic rings. The van der Waals surface area contributed by atoms with Gasteiger partial charge in [-0.2, -0.15) is 0 Å². The van der Waals surface area contributed by atoms with Gasteiger partial charge in [0.2, 0.25) is 0 Å². The Kier molecular flexibility index (Phi) is 7.03. The quantitative estimate of drug-likeness (QED) is 0.587. The number of nitrogens with zero attached hydrogens (tertiary/aromatic N) is 2. The number of nitrogens with two attached hydrogens (primary N) is 1. The fraction of sp³-hybridized carbons (Fsp3) is 0.667. The van der Waals surface area contributed by atoms with Gasteiger partial charge in [0.25, 0.3) is 11.8 Å². The zero-order chi connectivity index (χ0) is 23.7. The van der Waals surface area contributed by atoms with Crippen LogP contribution < -0.4 is 10.5 Å². The summed E-state index contributed by atoms with van der Waals surface area (Å²) in [6.45, 7) is 4.42. The van der Waals surface area contributed by atoms with Crippen LogP contribution in [0.15, 0.2) is 29.3 Å². The summed E-state index contributed by atoms with van der Waals surface area (Å²) in [4.78, 5) is 32.4. The maximum atomic E-state index is 13.0. The van der Waals surface area contributed by atoms with Crippen LogP contribution in [0.4, 0.5) is 0 Å². The summed E-state index contributed by atoms with van der Waals surface area (Å²) in [5.74, 6) is 3.77. The topological polar surface area (TPSA) is 85.0 Å². The Bertz CT molecular complexity index is 958. The van der Waals surface area contributed by atoms with Crippen molar-refractivity contribution in [3.05, 3.63) is 29.8 Å². The number of hydrogen-bond donors (Lipinski definition) is 1. The Labute approximate surface area is 207 Å². The van der Waals surface area contributed by atoms with Gasteiger partial charge in [0.15, 0.2) is 0 Å². The van der Waals surface area contributed by atoms with Gasteiger partial charge in [0.1, 0.15) is 17.1 Å². The number of carbonyl (C=O) groups excluding carboxylic acids is 2. The number of piperidine rings is 1. The molecule has 1 saturated heterocycles. The predicted octanol–water partition coefficient (Wildman–Crippen LogP) is 4.52. The second-order valence-electron chi connectivity index (χ2n) is 10.9. The number of rotatable bonds is 8. The summed E-state index contributed by atoms with van der Waals surface area (Å²) in [5, 5.41) is 1.08. The number of aliphatic imine (C=N–C) groups is 1. The maximum absolute atomic E-state index is 13.0. The Balaban J connectivity index is 1.11. The highest BCUT2D eigenvalue weighted by Gasteiger charge is 2.46. The van der Waals surface area contributed by atoms with E-state index in [2.05, 4.69) is 11.9 Å². The standard InChI is InChI=1S/C27H37N3O3S/c1-27(26(32)29-24(34-27)16-22-14-19-5-6-20(22)13-19)17-18-7-10-30(11-8-18)25(31)21-3-2-4-23(15-21)33-12-9-28/h2-4,15,18-20,22H,5-14,16-17,28H2,1H3/t19?,20?,22-,27?/m1/s1. The molecule has 2 N–H and O–H groups in total. The van der Waals surface area contributed by atoms with Gasteiger partial charge in [0, 0.05) is 25.2 Å². The first-order valence-corrected chi connectivity index (χ1v) is 13.8. The minimum atomic E-state index is -0.432. The number of thioether (sulfide) groups is 1. The van der Waals surface area contributed by atoms with E-state index in [9.17, 15) is 9.59 Å². The molecular weight excluding hydrogens is 446 g/mol. The number of benzene rings is 1. The van der Waals surface area contributed by atoms with E-state index in [0.717, 1.165) is 61.6 Å². The van der Waals surface area contributed by atoms with Crippen LogP contribution in [0.25, 0.3) is 0 Å². The van der Waals surface area contributed by atoms with Crippen molar-refractivity contribution in [2.75, 3.05) is 26.2 Å². The molecule has 2 aliphatic heterocycles. The lowest BCUT2D eigenvalue weighted by Gasteiger charge is -2.35. The zero-order valence-corrected chi connectivity index (χ0v) is 21.0. The Hall–Kier alpha value is -1.86. The van der Waals surface area contributed by atoms with E-state index in [1.165, 1.54) is 25.7 Å².